The summed E-state index contributed by atoms with van der Waals surface area (Å²) in [6.07, 6.45) is 5.30. The third kappa shape index (κ3) is 3.51. The predicted octanol–water partition coefficient (Wildman–Crippen LogP) is 3.19. The number of nitrogens with zero attached hydrogens (tertiary/aromatic N) is 3. The van der Waals surface area contributed by atoms with Crippen molar-refractivity contribution in [3.8, 4) is 11.1 Å². The monoisotopic (exact) mass is 324 g/mol. The molecule has 1 atom stereocenters. The number of hydrogen-bond acceptors (Lipinski definition) is 4. The van der Waals surface area contributed by atoms with Crippen molar-refractivity contribution in [2.24, 2.45) is 5.92 Å². The fourth-order valence-corrected chi connectivity index (χ4v) is 2.17. The maximum absolute atomic E-state index is 12.0. The molecule has 3 rings (SSSR count). The van der Waals surface area contributed by atoms with E-state index < -0.39 is 0 Å². The van der Waals surface area contributed by atoms with Crippen LogP contribution in [0, 0.1) is 5.92 Å². The van der Waals surface area contributed by atoms with Gasteiger partial charge in [0.05, 0.1) is 17.2 Å². The normalized spacial score (nSPS) is 12.3. The molecule has 3 aromatic heterocycles. The van der Waals surface area contributed by atoms with E-state index in [1.165, 1.54) is 0 Å². The molecule has 7 heteroatoms. The maximum Gasteiger partial charge on any atom is 0.320 e. The van der Waals surface area contributed by atoms with Gasteiger partial charge in [0, 0.05) is 29.6 Å². The minimum Gasteiger partial charge on any atom is -0.335 e. The maximum atomic E-state index is 12.0. The lowest BCUT2D eigenvalue weighted by atomic mass is 10.1. The molecule has 0 saturated carbocycles. The van der Waals surface area contributed by atoms with Crippen LogP contribution in [0.2, 0.25) is 0 Å². The number of anilines is 1. The molecule has 0 aliphatic rings. The molecule has 3 heterocycles. The molecule has 7 nitrogen and oxygen atoms in total. The van der Waals surface area contributed by atoms with E-state index in [9.17, 15) is 4.79 Å². The van der Waals surface area contributed by atoms with Gasteiger partial charge in [-0.1, -0.05) is 13.8 Å². The standard InChI is InChI=1S/C17H20N6O/c1-10(2)11(3)21-17(24)23-16-5-4-14-15(22-16)6-12(7-18-14)13-8-19-20-9-13/h4-11H,1-3H3,(H,19,20)(H2,21,22,23,24)/t11-/m0/s1. The Morgan fingerprint density at radius 3 is 2.67 bits per heavy atom. The van der Waals surface area contributed by atoms with Crippen LogP contribution in [0.4, 0.5) is 10.6 Å². The first-order valence-corrected chi connectivity index (χ1v) is 7.86. The molecule has 0 spiro atoms. The third-order valence-electron chi connectivity index (χ3n) is 3.97. The van der Waals surface area contributed by atoms with Crippen LogP contribution < -0.4 is 10.6 Å². The third-order valence-corrected chi connectivity index (χ3v) is 3.97. The van der Waals surface area contributed by atoms with E-state index in [1.54, 1.807) is 24.7 Å². The number of amides is 2. The van der Waals surface area contributed by atoms with Gasteiger partial charge in [-0.2, -0.15) is 5.10 Å². The van der Waals surface area contributed by atoms with Crippen molar-refractivity contribution < 1.29 is 4.79 Å². The van der Waals surface area contributed by atoms with E-state index in [0.29, 0.717) is 17.3 Å². The number of aromatic nitrogens is 4. The number of carbonyl (C=O) groups is 1. The second-order valence-electron chi connectivity index (χ2n) is 6.08. The molecule has 0 fully saturated rings. The summed E-state index contributed by atoms with van der Waals surface area (Å²) in [6.45, 7) is 6.09. The molecule has 3 N–H and O–H groups in total. The number of nitrogens with one attached hydrogen (secondary N) is 3. The van der Waals surface area contributed by atoms with Crippen molar-refractivity contribution in [1.82, 2.24) is 25.5 Å². The molecule has 0 bridgehead atoms. The number of H-pyrrole nitrogens is 1. The zero-order valence-electron chi connectivity index (χ0n) is 13.9. The summed E-state index contributed by atoms with van der Waals surface area (Å²) in [4.78, 5) is 20.9. The SMILES string of the molecule is CC(C)[C@H](C)NC(=O)Nc1ccc2ncc(-c3cn[nH]c3)cc2n1. The Bertz CT molecular complexity index is 843. The summed E-state index contributed by atoms with van der Waals surface area (Å²) in [5.41, 5.74) is 3.33. The topological polar surface area (TPSA) is 95.6 Å². The average Bonchev–Trinajstić information content (AvgIpc) is 3.08. The summed E-state index contributed by atoms with van der Waals surface area (Å²) in [6, 6.07) is 5.32. The Morgan fingerprint density at radius 2 is 1.96 bits per heavy atom. The van der Waals surface area contributed by atoms with Crippen LogP contribution in [0.25, 0.3) is 22.2 Å². The fraction of sp³-hybridized carbons (Fsp3) is 0.294. The lowest BCUT2D eigenvalue weighted by Gasteiger charge is -2.17. The van der Waals surface area contributed by atoms with Crippen LogP contribution >= 0.6 is 0 Å². The summed E-state index contributed by atoms with van der Waals surface area (Å²) >= 11 is 0. The van der Waals surface area contributed by atoms with Crippen molar-refractivity contribution in [3.63, 3.8) is 0 Å². The summed E-state index contributed by atoms with van der Waals surface area (Å²) in [5, 5.41) is 12.4. The van der Waals surface area contributed by atoms with Gasteiger partial charge >= 0.3 is 6.03 Å². The van der Waals surface area contributed by atoms with Gasteiger partial charge < -0.3 is 5.32 Å². The Labute approximate surface area is 139 Å². The van der Waals surface area contributed by atoms with Crippen LogP contribution in [-0.4, -0.2) is 32.2 Å². The minimum absolute atomic E-state index is 0.0832. The molecule has 0 radical (unpaired) electrons. The zero-order valence-corrected chi connectivity index (χ0v) is 13.9. The number of hydrogen-bond donors (Lipinski definition) is 3. The summed E-state index contributed by atoms with van der Waals surface area (Å²) < 4.78 is 0. The molecule has 0 saturated heterocycles. The van der Waals surface area contributed by atoms with Crippen LogP contribution in [0.5, 0.6) is 0 Å². The Hall–Kier alpha value is -2.96. The molecular weight excluding hydrogens is 304 g/mol. The Kier molecular flexibility index (Phi) is 4.41. The second-order valence-corrected chi connectivity index (χ2v) is 6.08. The van der Waals surface area contributed by atoms with E-state index in [2.05, 4.69) is 44.6 Å². The van der Waals surface area contributed by atoms with Crippen molar-refractivity contribution >= 4 is 22.9 Å². The van der Waals surface area contributed by atoms with Crippen molar-refractivity contribution in [1.29, 1.82) is 0 Å². The largest absolute Gasteiger partial charge is 0.335 e. The van der Waals surface area contributed by atoms with Gasteiger partial charge in [0.15, 0.2) is 0 Å². The minimum atomic E-state index is -0.262. The highest BCUT2D eigenvalue weighted by Gasteiger charge is 2.11. The molecule has 2 amide bonds. The van der Waals surface area contributed by atoms with Crippen LogP contribution in [0.15, 0.2) is 36.8 Å². The lowest BCUT2D eigenvalue weighted by molar-refractivity contribution is 0.246. The molecule has 124 valence electrons. The van der Waals surface area contributed by atoms with Crippen molar-refractivity contribution in [2.45, 2.75) is 26.8 Å². The first-order chi connectivity index (χ1) is 11.5. The lowest BCUT2D eigenvalue weighted by Crippen LogP contribution is -2.39. The summed E-state index contributed by atoms with van der Waals surface area (Å²) in [7, 11) is 0. The van der Waals surface area contributed by atoms with Gasteiger partial charge in [-0.3, -0.25) is 15.4 Å². The number of carbonyl (C=O) groups excluding carboxylic acids is 1. The van der Waals surface area contributed by atoms with Gasteiger partial charge in [0.25, 0.3) is 0 Å². The van der Waals surface area contributed by atoms with Crippen LogP contribution in [0.1, 0.15) is 20.8 Å². The Morgan fingerprint density at radius 1 is 1.12 bits per heavy atom. The van der Waals surface area contributed by atoms with Crippen molar-refractivity contribution in [2.75, 3.05) is 5.32 Å². The van der Waals surface area contributed by atoms with Gasteiger partial charge in [-0.25, -0.2) is 9.78 Å². The van der Waals surface area contributed by atoms with E-state index in [-0.39, 0.29) is 12.1 Å². The number of pyridine rings is 2. The summed E-state index contributed by atoms with van der Waals surface area (Å²) in [5.74, 6) is 0.851. The second kappa shape index (κ2) is 6.66. The molecule has 0 aliphatic heterocycles. The predicted molar refractivity (Wildman–Crippen MR) is 93.6 cm³/mol. The molecule has 0 unspecified atom stereocenters. The number of aromatic amines is 1. The zero-order chi connectivity index (χ0) is 17.1. The van der Waals surface area contributed by atoms with Gasteiger partial charge in [-0.05, 0) is 31.0 Å². The molecule has 0 aliphatic carbocycles. The molecular formula is C17H20N6O. The van der Waals surface area contributed by atoms with Gasteiger partial charge in [0.2, 0.25) is 0 Å². The Balaban J connectivity index is 1.81. The number of fused-ring (bicyclic) bond motifs is 1. The highest BCUT2D eigenvalue weighted by Crippen LogP contribution is 2.21. The highest BCUT2D eigenvalue weighted by atomic mass is 16.2. The number of urea groups is 1. The highest BCUT2D eigenvalue weighted by molar-refractivity contribution is 5.90. The molecule has 24 heavy (non-hydrogen) atoms. The van der Waals surface area contributed by atoms with E-state index in [4.69, 9.17) is 0 Å². The van der Waals surface area contributed by atoms with Gasteiger partial charge in [0.1, 0.15) is 5.82 Å². The number of rotatable bonds is 4. The fourth-order valence-electron chi connectivity index (χ4n) is 2.17. The van der Waals surface area contributed by atoms with Gasteiger partial charge in [-0.15, -0.1) is 0 Å². The molecule has 3 aromatic rings. The first kappa shape index (κ1) is 15.9. The average molecular weight is 324 g/mol. The van der Waals surface area contributed by atoms with E-state index in [0.717, 1.165) is 16.6 Å². The van der Waals surface area contributed by atoms with Crippen LogP contribution in [-0.2, 0) is 0 Å². The first-order valence-electron chi connectivity index (χ1n) is 7.86. The van der Waals surface area contributed by atoms with E-state index in [1.807, 2.05) is 19.1 Å². The van der Waals surface area contributed by atoms with Crippen molar-refractivity contribution in [3.05, 3.63) is 36.8 Å². The van der Waals surface area contributed by atoms with Crippen LogP contribution in [0.3, 0.4) is 0 Å². The quantitative estimate of drug-likeness (QED) is 0.687. The molecule has 0 aromatic carbocycles. The van der Waals surface area contributed by atoms with E-state index >= 15 is 0 Å². The smallest absolute Gasteiger partial charge is 0.320 e.